The number of carbonyl (C=O) groups excluding carboxylic acids is 2. The van der Waals surface area contributed by atoms with Crippen molar-refractivity contribution in [1.29, 1.82) is 0 Å². The van der Waals surface area contributed by atoms with Gasteiger partial charge >= 0.3 is 0 Å². The summed E-state index contributed by atoms with van der Waals surface area (Å²) in [7, 11) is 0. The zero-order chi connectivity index (χ0) is 19.7. The van der Waals surface area contributed by atoms with Gasteiger partial charge in [0.1, 0.15) is 17.3 Å². The number of nitrogens with zero attached hydrogens (tertiary/aromatic N) is 1. The van der Waals surface area contributed by atoms with Crippen molar-refractivity contribution in [3.8, 4) is 0 Å². The molecule has 0 aromatic heterocycles. The lowest BCUT2D eigenvalue weighted by atomic mass is 10.0. The molecule has 5 nitrogen and oxygen atoms in total. The van der Waals surface area contributed by atoms with E-state index in [2.05, 4.69) is 24.5 Å². The number of amides is 2. The van der Waals surface area contributed by atoms with Crippen molar-refractivity contribution in [2.75, 3.05) is 25.0 Å². The molecule has 1 aromatic rings. The summed E-state index contributed by atoms with van der Waals surface area (Å²) < 4.78 is 27.2. The summed E-state index contributed by atoms with van der Waals surface area (Å²) in [5.74, 6) is -1.84. The van der Waals surface area contributed by atoms with Gasteiger partial charge in [0, 0.05) is 6.04 Å². The second-order valence-corrected chi connectivity index (χ2v) is 6.89. The Hall–Kier alpha value is -2.02. The molecular weight excluding hydrogens is 340 g/mol. The van der Waals surface area contributed by atoms with E-state index in [1.165, 1.54) is 6.07 Å². The van der Waals surface area contributed by atoms with Gasteiger partial charge in [0.15, 0.2) is 0 Å². The Morgan fingerprint density at radius 3 is 2.15 bits per heavy atom. The highest BCUT2D eigenvalue weighted by molar-refractivity contribution is 5.92. The van der Waals surface area contributed by atoms with Crippen LogP contribution in [0.25, 0.3) is 0 Å². The Morgan fingerprint density at radius 2 is 1.62 bits per heavy atom. The fraction of sp³-hybridized carbons (Fsp3) is 0.579. The molecule has 0 saturated heterocycles. The summed E-state index contributed by atoms with van der Waals surface area (Å²) in [5.41, 5.74) is -0.472. The van der Waals surface area contributed by atoms with Crippen molar-refractivity contribution in [3.63, 3.8) is 0 Å². The van der Waals surface area contributed by atoms with Gasteiger partial charge in [-0.3, -0.25) is 14.5 Å². The molecule has 0 aliphatic rings. The van der Waals surface area contributed by atoms with Gasteiger partial charge in [-0.1, -0.05) is 26.8 Å². The van der Waals surface area contributed by atoms with Gasteiger partial charge in [0.2, 0.25) is 11.8 Å². The Labute approximate surface area is 154 Å². The summed E-state index contributed by atoms with van der Waals surface area (Å²) in [6, 6.07) is 3.43. The van der Waals surface area contributed by atoms with Crippen LogP contribution in [-0.4, -0.2) is 42.4 Å². The van der Waals surface area contributed by atoms with Crippen LogP contribution in [0.4, 0.5) is 14.5 Å². The smallest absolute Gasteiger partial charge is 0.238 e. The van der Waals surface area contributed by atoms with E-state index >= 15 is 0 Å². The highest BCUT2D eigenvalue weighted by Gasteiger charge is 2.17. The fourth-order valence-corrected chi connectivity index (χ4v) is 2.46. The first-order valence-electron chi connectivity index (χ1n) is 8.98. The molecular formula is C19H29F2N3O2. The number of para-hydroxylation sites is 1. The summed E-state index contributed by atoms with van der Waals surface area (Å²) in [6.07, 6.45) is 1.91. The number of hydrogen-bond acceptors (Lipinski definition) is 3. The number of anilines is 1. The van der Waals surface area contributed by atoms with Crippen LogP contribution in [0.15, 0.2) is 18.2 Å². The number of halogens is 2. The van der Waals surface area contributed by atoms with E-state index in [0.29, 0.717) is 12.5 Å². The van der Waals surface area contributed by atoms with Crippen LogP contribution < -0.4 is 10.6 Å². The van der Waals surface area contributed by atoms with Crippen molar-refractivity contribution in [1.82, 2.24) is 10.2 Å². The van der Waals surface area contributed by atoms with Gasteiger partial charge in [0.25, 0.3) is 0 Å². The van der Waals surface area contributed by atoms with E-state index in [4.69, 9.17) is 0 Å². The number of benzene rings is 1. The predicted octanol–water partition coefficient (Wildman–Crippen LogP) is 3.17. The van der Waals surface area contributed by atoms with Gasteiger partial charge < -0.3 is 10.6 Å². The minimum atomic E-state index is -0.835. The maximum atomic E-state index is 13.6. The second-order valence-electron chi connectivity index (χ2n) is 6.89. The van der Waals surface area contributed by atoms with Gasteiger partial charge in [0.05, 0.1) is 13.1 Å². The van der Waals surface area contributed by atoms with E-state index in [-0.39, 0.29) is 25.0 Å². The van der Waals surface area contributed by atoms with Crippen molar-refractivity contribution in [2.45, 2.75) is 46.6 Å². The van der Waals surface area contributed by atoms with E-state index in [1.807, 2.05) is 13.8 Å². The highest BCUT2D eigenvalue weighted by Crippen LogP contribution is 2.17. The zero-order valence-electron chi connectivity index (χ0n) is 15.9. The minimum Gasteiger partial charge on any atom is -0.353 e. The molecule has 2 amide bonds. The zero-order valence-corrected chi connectivity index (χ0v) is 15.9. The Kier molecular flexibility index (Phi) is 9.19. The molecule has 0 aliphatic heterocycles. The first-order chi connectivity index (χ1) is 12.2. The SMILES string of the molecule is CCN(CC(=O)Nc1c(F)cccc1F)CC(=O)N[C@H](C)CCC(C)C. The van der Waals surface area contributed by atoms with Gasteiger partial charge in [-0.25, -0.2) is 8.78 Å². The molecule has 0 fully saturated rings. The molecule has 2 N–H and O–H groups in total. The third kappa shape index (κ3) is 7.91. The molecule has 0 radical (unpaired) electrons. The van der Waals surface area contributed by atoms with E-state index < -0.39 is 23.2 Å². The lowest BCUT2D eigenvalue weighted by molar-refractivity contribution is -0.123. The van der Waals surface area contributed by atoms with Crippen LogP contribution in [-0.2, 0) is 9.59 Å². The number of likely N-dealkylation sites (N-methyl/N-ethyl adjacent to an activating group) is 1. The van der Waals surface area contributed by atoms with Crippen LogP contribution in [0.1, 0.15) is 40.5 Å². The van der Waals surface area contributed by atoms with E-state index in [9.17, 15) is 18.4 Å². The normalized spacial score (nSPS) is 12.3. The molecule has 26 heavy (non-hydrogen) atoms. The molecule has 7 heteroatoms. The van der Waals surface area contributed by atoms with Gasteiger partial charge in [-0.05, 0) is 44.4 Å². The standard InChI is InChI=1S/C19H29F2N3O2/c1-5-24(11-17(25)22-14(4)10-9-13(2)3)12-18(26)23-19-15(20)7-6-8-16(19)21/h6-8,13-14H,5,9-12H2,1-4H3,(H,22,25)(H,23,26)/t14-/m1/s1. The van der Waals surface area contributed by atoms with Crippen LogP contribution in [0.3, 0.4) is 0 Å². The Balaban J connectivity index is 2.50. The maximum Gasteiger partial charge on any atom is 0.238 e. The molecule has 1 aromatic carbocycles. The largest absolute Gasteiger partial charge is 0.353 e. The molecule has 0 bridgehead atoms. The third-order valence-corrected chi connectivity index (χ3v) is 3.99. The summed E-state index contributed by atoms with van der Waals surface area (Å²) in [5, 5.41) is 5.14. The predicted molar refractivity (Wildman–Crippen MR) is 98.8 cm³/mol. The quantitative estimate of drug-likeness (QED) is 0.666. The highest BCUT2D eigenvalue weighted by atomic mass is 19.1. The van der Waals surface area contributed by atoms with Crippen molar-refractivity contribution >= 4 is 17.5 Å². The molecule has 1 atom stereocenters. The van der Waals surface area contributed by atoms with Crippen LogP contribution in [0.5, 0.6) is 0 Å². The topological polar surface area (TPSA) is 61.4 Å². The summed E-state index contributed by atoms with van der Waals surface area (Å²) >= 11 is 0. The molecule has 146 valence electrons. The monoisotopic (exact) mass is 369 g/mol. The summed E-state index contributed by atoms with van der Waals surface area (Å²) in [4.78, 5) is 25.8. The van der Waals surface area contributed by atoms with Gasteiger partial charge in [-0.15, -0.1) is 0 Å². The average molecular weight is 369 g/mol. The molecule has 0 unspecified atom stereocenters. The second kappa shape index (κ2) is 10.9. The molecule has 1 rings (SSSR count). The third-order valence-electron chi connectivity index (χ3n) is 3.99. The number of hydrogen-bond donors (Lipinski definition) is 2. The van der Waals surface area contributed by atoms with Gasteiger partial charge in [-0.2, -0.15) is 0 Å². The number of nitrogens with one attached hydrogen (secondary N) is 2. The molecule has 0 saturated carbocycles. The average Bonchev–Trinajstić information content (AvgIpc) is 2.55. The lowest BCUT2D eigenvalue weighted by Gasteiger charge is -2.21. The summed E-state index contributed by atoms with van der Waals surface area (Å²) in [6.45, 7) is 8.40. The molecule has 0 spiro atoms. The Bertz CT molecular complexity index is 588. The number of carbonyl (C=O) groups is 2. The molecule has 0 aliphatic carbocycles. The van der Waals surface area contributed by atoms with Crippen LogP contribution >= 0.6 is 0 Å². The van der Waals surface area contributed by atoms with Crippen molar-refractivity contribution in [2.24, 2.45) is 5.92 Å². The van der Waals surface area contributed by atoms with Crippen molar-refractivity contribution in [3.05, 3.63) is 29.8 Å². The Morgan fingerprint density at radius 1 is 1.04 bits per heavy atom. The first-order valence-corrected chi connectivity index (χ1v) is 8.98. The van der Waals surface area contributed by atoms with Crippen molar-refractivity contribution < 1.29 is 18.4 Å². The maximum absolute atomic E-state index is 13.6. The van der Waals surface area contributed by atoms with E-state index in [1.54, 1.807) is 4.90 Å². The van der Waals surface area contributed by atoms with Crippen LogP contribution in [0, 0.1) is 17.6 Å². The lowest BCUT2D eigenvalue weighted by Crippen LogP contribution is -2.43. The number of rotatable bonds is 10. The first kappa shape index (κ1) is 22.0. The molecule has 0 heterocycles. The minimum absolute atomic E-state index is 0.0513. The fourth-order valence-electron chi connectivity index (χ4n) is 2.46. The van der Waals surface area contributed by atoms with Crippen LogP contribution in [0.2, 0.25) is 0 Å². The van der Waals surface area contributed by atoms with E-state index in [0.717, 1.165) is 25.0 Å².